The molecule has 3 nitrogen and oxygen atoms in total. The Morgan fingerprint density at radius 2 is 2.11 bits per heavy atom. The Hall–Kier alpha value is -1.35. The number of hydrogen-bond acceptors (Lipinski definition) is 2. The van der Waals surface area contributed by atoms with Gasteiger partial charge in [0, 0.05) is 31.7 Å². The Balaban J connectivity index is 1.73. The zero-order chi connectivity index (χ0) is 13.2. The highest BCUT2D eigenvalue weighted by Crippen LogP contribution is 2.27. The third-order valence-corrected chi connectivity index (χ3v) is 4.46. The highest BCUT2D eigenvalue weighted by molar-refractivity contribution is 5.94. The maximum absolute atomic E-state index is 12.6. The molecular formula is C16H22N2O. The van der Waals surface area contributed by atoms with Crippen LogP contribution in [-0.2, 0) is 13.1 Å². The van der Waals surface area contributed by atoms with E-state index >= 15 is 0 Å². The highest BCUT2D eigenvalue weighted by atomic mass is 16.2. The molecule has 1 saturated carbocycles. The second kappa shape index (κ2) is 5.33. The summed E-state index contributed by atoms with van der Waals surface area (Å²) in [5, 5.41) is 3.32. The molecule has 1 N–H and O–H groups in total. The Kier molecular flexibility index (Phi) is 3.56. The van der Waals surface area contributed by atoms with Gasteiger partial charge in [-0.2, -0.15) is 0 Å². The molecule has 19 heavy (non-hydrogen) atoms. The molecule has 1 heterocycles. The van der Waals surface area contributed by atoms with Crippen molar-refractivity contribution in [2.45, 2.75) is 39.3 Å². The first kappa shape index (κ1) is 12.7. The number of amides is 1. The van der Waals surface area contributed by atoms with Crippen molar-refractivity contribution in [2.75, 3.05) is 13.1 Å². The van der Waals surface area contributed by atoms with E-state index in [-0.39, 0.29) is 5.91 Å². The minimum atomic E-state index is 0.198. The standard InChI is InChI=1S/C16H22N2O/c1-2-18(11-12-4-3-5-12)16(19)13-6-7-14-9-17-10-15(14)8-13/h6-8,12,17H,2-5,9-11H2,1H3. The molecule has 3 rings (SSSR count). The molecule has 0 bridgehead atoms. The number of carbonyl (C=O) groups is 1. The van der Waals surface area contributed by atoms with Crippen LogP contribution in [0.1, 0.15) is 47.7 Å². The first-order chi connectivity index (χ1) is 9.28. The average molecular weight is 258 g/mol. The lowest BCUT2D eigenvalue weighted by Gasteiger charge is -2.32. The molecule has 0 radical (unpaired) electrons. The van der Waals surface area contributed by atoms with Crippen molar-refractivity contribution in [3.8, 4) is 0 Å². The van der Waals surface area contributed by atoms with E-state index in [9.17, 15) is 4.79 Å². The predicted molar refractivity (Wildman–Crippen MR) is 75.9 cm³/mol. The van der Waals surface area contributed by atoms with Crippen LogP contribution in [0, 0.1) is 5.92 Å². The van der Waals surface area contributed by atoms with Crippen LogP contribution in [0.2, 0.25) is 0 Å². The Morgan fingerprint density at radius 1 is 1.32 bits per heavy atom. The molecule has 0 saturated heterocycles. The summed E-state index contributed by atoms with van der Waals surface area (Å²) >= 11 is 0. The molecular weight excluding hydrogens is 236 g/mol. The Bertz CT molecular complexity index is 480. The highest BCUT2D eigenvalue weighted by Gasteiger charge is 2.24. The summed E-state index contributed by atoms with van der Waals surface area (Å²) in [6.07, 6.45) is 3.91. The second-order valence-corrected chi connectivity index (χ2v) is 5.73. The van der Waals surface area contributed by atoms with Crippen molar-refractivity contribution >= 4 is 5.91 Å². The summed E-state index contributed by atoms with van der Waals surface area (Å²) in [7, 11) is 0. The minimum absolute atomic E-state index is 0.198. The summed E-state index contributed by atoms with van der Waals surface area (Å²) in [5.41, 5.74) is 3.47. The third kappa shape index (κ3) is 2.52. The van der Waals surface area contributed by atoms with Crippen molar-refractivity contribution in [1.82, 2.24) is 10.2 Å². The van der Waals surface area contributed by atoms with Crippen LogP contribution in [0.25, 0.3) is 0 Å². The lowest BCUT2D eigenvalue weighted by molar-refractivity contribution is 0.0706. The Labute approximate surface area is 115 Å². The van der Waals surface area contributed by atoms with E-state index in [0.717, 1.165) is 37.7 Å². The van der Waals surface area contributed by atoms with E-state index in [4.69, 9.17) is 0 Å². The monoisotopic (exact) mass is 258 g/mol. The molecule has 1 aliphatic carbocycles. The van der Waals surface area contributed by atoms with Crippen molar-refractivity contribution in [2.24, 2.45) is 5.92 Å². The number of nitrogens with zero attached hydrogens (tertiary/aromatic N) is 1. The third-order valence-electron chi connectivity index (χ3n) is 4.46. The maximum atomic E-state index is 12.6. The summed E-state index contributed by atoms with van der Waals surface area (Å²) in [6.45, 7) is 5.65. The zero-order valence-electron chi connectivity index (χ0n) is 11.6. The van der Waals surface area contributed by atoms with E-state index in [1.54, 1.807) is 0 Å². The molecule has 102 valence electrons. The number of benzene rings is 1. The molecule has 2 aliphatic rings. The van der Waals surface area contributed by atoms with Gasteiger partial charge in [-0.15, -0.1) is 0 Å². The average Bonchev–Trinajstić information content (AvgIpc) is 2.84. The van der Waals surface area contributed by atoms with Crippen LogP contribution in [0.3, 0.4) is 0 Å². The first-order valence-electron chi connectivity index (χ1n) is 7.39. The molecule has 3 heteroatoms. The van der Waals surface area contributed by atoms with E-state index in [1.807, 2.05) is 11.0 Å². The summed E-state index contributed by atoms with van der Waals surface area (Å²) < 4.78 is 0. The van der Waals surface area contributed by atoms with Gasteiger partial charge in [0.15, 0.2) is 0 Å². The quantitative estimate of drug-likeness (QED) is 0.900. The van der Waals surface area contributed by atoms with Gasteiger partial charge in [0.1, 0.15) is 0 Å². The van der Waals surface area contributed by atoms with Crippen molar-refractivity contribution in [3.05, 3.63) is 34.9 Å². The molecule has 1 aromatic rings. The number of nitrogens with one attached hydrogen (secondary N) is 1. The molecule has 1 fully saturated rings. The van der Waals surface area contributed by atoms with Gasteiger partial charge >= 0.3 is 0 Å². The predicted octanol–water partition coefficient (Wildman–Crippen LogP) is 2.55. The van der Waals surface area contributed by atoms with Crippen molar-refractivity contribution in [1.29, 1.82) is 0 Å². The lowest BCUT2D eigenvalue weighted by Crippen LogP contribution is -2.37. The van der Waals surface area contributed by atoms with Crippen molar-refractivity contribution in [3.63, 3.8) is 0 Å². The van der Waals surface area contributed by atoms with E-state index in [2.05, 4.69) is 24.4 Å². The molecule has 0 atom stereocenters. The first-order valence-corrected chi connectivity index (χ1v) is 7.39. The van der Waals surface area contributed by atoms with Crippen LogP contribution in [-0.4, -0.2) is 23.9 Å². The molecule has 0 spiro atoms. The fourth-order valence-electron chi connectivity index (χ4n) is 2.95. The SMILES string of the molecule is CCN(CC1CCC1)C(=O)c1ccc2c(c1)CNC2. The number of rotatable bonds is 4. The minimum Gasteiger partial charge on any atom is -0.339 e. The second-order valence-electron chi connectivity index (χ2n) is 5.73. The van der Waals surface area contributed by atoms with Gasteiger partial charge in [0.25, 0.3) is 5.91 Å². The molecule has 1 aliphatic heterocycles. The van der Waals surface area contributed by atoms with Crippen molar-refractivity contribution < 1.29 is 4.79 Å². The van der Waals surface area contributed by atoms with E-state index in [1.165, 1.54) is 30.4 Å². The van der Waals surface area contributed by atoms with Crippen LogP contribution >= 0.6 is 0 Å². The molecule has 1 aromatic carbocycles. The fraction of sp³-hybridized carbons (Fsp3) is 0.562. The van der Waals surface area contributed by atoms with Gasteiger partial charge < -0.3 is 10.2 Å². The van der Waals surface area contributed by atoms with Gasteiger partial charge in [-0.05, 0) is 48.9 Å². The van der Waals surface area contributed by atoms with Gasteiger partial charge in [-0.25, -0.2) is 0 Å². The van der Waals surface area contributed by atoms with Gasteiger partial charge in [-0.1, -0.05) is 12.5 Å². The smallest absolute Gasteiger partial charge is 0.253 e. The Morgan fingerprint density at radius 3 is 2.79 bits per heavy atom. The van der Waals surface area contributed by atoms with E-state index in [0.29, 0.717) is 0 Å². The van der Waals surface area contributed by atoms with Gasteiger partial charge in [-0.3, -0.25) is 4.79 Å². The topological polar surface area (TPSA) is 32.3 Å². The zero-order valence-corrected chi connectivity index (χ0v) is 11.6. The van der Waals surface area contributed by atoms with E-state index < -0.39 is 0 Å². The largest absolute Gasteiger partial charge is 0.339 e. The molecule has 0 aromatic heterocycles. The molecule has 0 unspecified atom stereocenters. The van der Waals surface area contributed by atoms with Crippen LogP contribution in [0.15, 0.2) is 18.2 Å². The molecule has 1 amide bonds. The normalized spacial score (nSPS) is 17.9. The number of hydrogen-bond donors (Lipinski definition) is 1. The summed E-state index contributed by atoms with van der Waals surface area (Å²) in [5.74, 6) is 0.934. The van der Waals surface area contributed by atoms with Crippen LogP contribution in [0.4, 0.5) is 0 Å². The van der Waals surface area contributed by atoms with Crippen LogP contribution < -0.4 is 5.32 Å². The lowest BCUT2D eigenvalue weighted by atomic mass is 9.85. The summed E-state index contributed by atoms with van der Waals surface area (Å²) in [6, 6.07) is 6.15. The van der Waals surface area contributed by atoms with Crippen LogP contribution in [0.5, 0.6) is 0 Å². The van der Waals surface area contributed by atoms with Gasteiger partial charge in [0.2, 0.25) is 0 Å². The summed E-state index contributed by atoms with van der Waals surface area (Å²) in [4.78, 5) is 14.6. The number of carbonyl (C=O) groups excluding carboxylic acids is 1. The number of fused-ring (bicyclic) bond motifs is 1. The fourth-order valence-corrected chi connectivity index (χ4v) is 2.95. The van der Waals surface area contributed by atoms with Gasteiger partial charge in [0.05, 0.1) is 0 Å². The maximum Gasteiger partial charge on any atom is 0.253 e.